The highest BCUT2D eigenvalue weighted by atomic mass is 35.5. The van der Waals surface area contributed by atoms with Crippen molar-refractivity contribution >= 4 is 34.1 Å². The summed E-state index contributed by atoms with van der Waals surface area (Å²) in [7, 11) is 0. The van der Waals surface area contributed by atoms with Gasteiger partial charge in [-0.15, -0.1) is 12.4 Å². The number of hydrogen-bond donors (Lipinski definition) is 1. The highest BCUT2D eigenvalue weighted by Crippen LogP contribution is 2.25. The molecule has 3 heteroatoms. The van der Waals surface area contributed by atoms with E-state index in [4.69, 9.17) is 0 Å². The molecule has 0 saturated heterocycles. The maximum absolute atomic E-state index is 9.46. The van der Waals surface area contributed by atoms with Crippen molar-refractivity contribution < 1.29 is 6.53 Å². The second-order valence-electron chi connectivity index (χ2n) is 3.55. The Labute approximate surface area is 100 Å². The standard InChI is InChI=1S/C13H9NO.ClH/c15-10-5-6-13-12(7-10)11-4-2-1-3-9(11)8-14-13;/h1-8,15H;1H/p+1. The average molecular weight is 233 g/mol. The number of fused-ring (bicyclic) bond motifs is 3. The summed E-state index contributed by atoms with van der Waals surface area (Å²) < 4.78 is 0. The molecule has 16 heavy (non-hydrogen) atoms. The molecule has 0 aliphatic heterocycles. The first-order valence-corrected chi connectivity index (χ1v) is 4.81. The summed E-state index contributed by atoms with van der Waals surface area (Å²) >= 11 is 0. The van der Waals surface area contributed by atoms with Crippen LogP contribution in [0.25, 0.3) is 21.7 Å². The van der Waals surface area contributed by atoms with E-state index >= 15 is 0 Å². The number of aromatic hydroxyl groups is 1. The lowest BCUT2D eigenvalue weighted by atomic mass is 10.1. The van der Waals surface area contributed by atoms with Gasteiger partial charge in [0.15, 0.2) is 0 Å². The maximum Gasteiger partial charge on any atom is 1.00 e. The Kier molecular flexibility index (Phi) is 2.67. The van der Waals surface area contributed by atoms with Gasteiger partial charge in [-0.3, -0.25) is 4.98 Å². The molecule has 3 aromatic rings. The Morgan fingerprint density at radius 2 is 1.81 bits per heavy atom. The summed E-state index contributed by atoms with van der Waals surface area (Å²) in [5.74, 6) is 0.278. The molecule has 80 valence electrons. The lowest BCUT2D eigenvalue weighted by Gasteiger charge is -2.02. The van der Waals surface area contributed by atoms with Crippen molar-refractivity contribution in [2.24, 2.45) is 0 Å². The summed E-state index contributed by atoms with van der Waals surface area (Å²) in [4.78, 5) is 4.34. The number of halogens is 1. The van der Waals surface area contributed by atoms with Crippen molar-refractivity contribution in [2.45, 2.75) is 0 Å². The Bertz CT molecular complexity index is 657. The van der Waals surface area contributed by atoms with Crippen molar-refractivity contribution in [3.05, 3.63) is 48.7 Å². The Morgan fingerprint density at radius 3 is 2.69 bits per heavy atom. The fourth-order valence-corrected chi connectivity index (χ4v) is 1.85. The highest BCUT2D eigenvalue weighted by molar-refractivity contribution is 6.05. The topological polar surface area (TPSA) is 33.1 Å². The van der Waals surface area contributed by atoms with E-state index in [-0.39, 0.29) is 19.6 Å². The number of phenolic OH excluding ortho intramolecular Hbond substituents is 1. The number of aromatic nitrogens is 1. The predicted molar refractivity (Wildman–Crippen MR) is 69.3 cm³/mol. The molecular formula is C13H11ClNO+. The van der Waals surface area contributed by atoms with Crippen LogP contribution < -0.4 is 0 Å². The van der Waals surface area contributed by atoms with Gasteiger partial charge in [0, 0.05) is 17.0 Å². The molecule has 2 aromatic carbocycles. The van der Waals surface area contributed by atoms with Crippen LogP contribution in [-0.4, -0.2) is 10.1 Å². The zero-order valence-corrected chi connectivity index (χ0v) is 9.24. The minimum absolute atomic E-state index is 0. The van der Waals surface area contributed by atoms with E-state index in [9.17, 15) is 5.11 Å². The molecule has 0 bridgehead atoms. The van der Waals surface area contributed by atoms with Crippen molar-refractivity contribution in [1.29, 1.82) is 0 Å². The van der Waals surface area contributed by atoms with Gasteiger partial charge < -0.3 is 5.11 Å². The molecule has 0 spiro atoms. The van der Waals surface area contributed by atoms with E-state index in [1.165, 1.54) is 0 Å². The SMILES string of the molecule is Cl.Oc1ccc2ncc3ccccc3c2c1.[H+]. The Morgan fingerprint density at radius 1 is 1.00 bits per heavy atom. The largest absolute Gasteiger partial charge is 1.00 e. The number of hydrogen-bond acceptors (Lipinski definition) is 2. The van der Waals surface area contributed by atoms with Crippen molar-refractivity contribution in [3.8, 4) is 5.75 Å². The van der Waals surface area contributed by atoms with Gasteiger partial charge in [-0.1, -0.05) is 24.3 Å². The molecule has 0 radical (unpaired) electrons. The molecule has 0 aliphatic rings. The van der Waals surface area contributed by atoms with Crippen LogP contribution in [0.5, 0.6) is 5.75 Å². The van der Waals surface area contributed by atoms with Gasteiger partial charge in [0.05, 0.1) is 5.52 Å². The van der Waals surface area contributed by atoms with E-state index in [1.54, 1.807) is 12.1 Å². The molecule has 0 atom stereocenters. The number of nitrogens with zero attached hydrogens (tertiary/aromatic N) is 1. The van der Waals surface area contributed by atoms with E-state index in [0.717, 1.165) is 21.7 Å². The molecule has 0 saturated carbocycles. The van der Waals surface area contributed by atoms with Crippen LogP contribution in [0.3, 0.4) is 0 Å². The normalized spacial score (nSPS) is 10.2. The zero-order valence-electron chi connectivity index (χ0n) is 9.42. The van der Waals surface area contributed by atoms with Crippen LogP contribution >= 0.6 is 12.4 Å². The molecule has 1 heterocycles. The van der Waals surface area contributed by atoms with Gasteiger partial charge in [-0.05, 0) is 23.6 Å². The van der Waals surface area contributed by atoms with Gasteiger partial charge in [-0.25, -0.2) is 0 Å². The highest BCUT2D eigenvalue weighted by Gasteiger charge is 2.01. The molecule has 0 fully saturated rings. The van der Waals surface area contributed by atoms with Gasteiger partial charge in [0.25, 0.3) is 0 Å². The summed E-state index contributed by atoms with van der Waals surface area (Å²) in [6.45, 7) is 0. The summed E-state index contributed by atoms with van der Waals surface area (Å²) in [6.07, 6.45) is 1.86. The molecule has 0 unspecified atom stereocenters. The lowest BCUT2D eigenvalue weighted by molar-refractivity contribution is 0.476. The van der Waals surface area contributed by atoms with Crippen LogP contribution in [0, 0.1) is 0 Å². The predicted octanol–water partition coefficient (Wildman–Crippen LogP) is 3.63. The second-order valence-corrected chi connectivity index (χ2v) is 3.55. The third-order valence-corrected chi connectivity index (χ3v) is 2.57. The van der Waals surface area contributed by atoms with E-state index in [0.29, 0.717) is 0 Å². The fraction of sp³-hybridized carbons (Fsp3) is 0. The molecule has 1 N–H and O–H groups in total. The molecule has 0 amide bonds. The number of rotatable bonds is 0. The van der Waals surface area contributed by atoms with Crippen LogP contribution in [0.2, 0.25) is 0 Å². The van der Waals surface area contributed by atoms with Gasteiger partial charge in [-0.2, -0.15) is 0 Å². The summed E-state index contributed by atoms with van der Waals surface area (Å²) in [5.41, 5.74) is 0.909. The van der Waals surface area contributed by atoms with E-state index < -0.39 is 0 Å². The number of phenols is 1. The quantitative estimate of drug-likeness (QED) is 0.601. The second kappa shape index (κ2) is 3.99. The number of pyridine rings is 1. The van der Waals surface area contributed by atoms with Crippen molar-refractivity contribution in [1.82, 2.24) is 4.98 Å². The number of benzene rings is 2. The van der Waals surface area contributed by atoms with Crippen LogP contribution in [0.15, 0.2) is 48.7 Å². The van der Waals surface area contributed by atoms with Gasteiger partial charge in [0.2, 0.25) is 0 Å². The van der Waals surface area contributed by atoms with Crippen LogP contribution in [-0.2, 0) is 0 Å². The van der Waals surface area contributed by atoms with Crippen LogP contribution in [0.1, 0.15) is 1.43 Å². The maximum atomic E-state index is 9.46. The lowest BCUT2D eigenvalue weighted by Crippen LogP contribution is -1.81. The molecule has 1 aromatic heterocycles. The minimum Gasteiger partial charge on any atom is -0.508 e. The average Bonchev–Trinajstić information content (AvgIpc) is 2.29. The fourth-order valence-electron chi connectivity index (χ4n) is 1.85. The Balaban J connectivity index is 0.000000722. The first-order valence-electron chi connectivity index (χ1n) is 4.81. The zero-order chi connectivity index (χ0) is 10.3. The first kappa shape index (κ1) is 10.7. The van der Waals surface area contributed by atoms with Crippen molar-refractivity contribution in [3.63, 3.8) is 0 Å². The van der Waals surface area contributed by atoms with Crippen molar-refractivity contribution in [2.75, 3.05) is 0 Å². The molecular weight excluding hydrogens is 222 g/mol. The monoisotopic (exact) mass is 232 g/mol. The molecule has 0 aliphatic carbocycles. The summed E-state index contributed by atoms with van der Waals surface area (Å²) in [6, 6.07) is 13.3. The van der Waals surface area contributed by atoms with E-state index in [2.05, 4.69) is 4.98 Å². The van der Waals surface area contributed by atoms with Gasteiger partial charge in [0.1, 0.15) is 5.75 Å². The third kappa shape index (κ3) is 1.57. The Hall–Kier alpha value is -1.80. The van der Waals surface area contributed by atoms with E-state index in [1.807, 2.05) is 36.5 Å². The molecule has 2 nitrogen and oxygen atoms in total. The van der Waals surface area contributed by atoms with Gasteiger partial charge >= 0.3 is 1.43 Å². The smallest absolute Gasteiger partial charge is 0.508 e. The summed E-state index contributed by atoms with van der Waals surface area (Å²) in [5, 5.41) is 12.7. The minimum atomic E-state index is 0. The third-order valence-electron chi connectivity index (χ3n) is 2.57. The first-order chi connectivity index (χ1) is 7.34. The van der Waals surface area contributed by atoms with Crippen LogP contribution in [0.4, 0.5) is 0 Å². The molecule has 3 rings (SSSR count).